The van der Waals surface area contributed by atoms with E-state index in [0.29, 0.717) is 11.8 Å². The summed E-state index contributed by atoms with van der Waals surface area (Å²) in [5.41, 5.74) is 0. The van der Waals surface area contributed by atoms with E-state index in [-0.39, 0.29) is 0 Å². The van der Waals surface area contributed by atoms with Crippen molar-refractivity contribution in [3.05, 3.63) is 39.2 Å². The fourth-order valence-corrected chi connectivity index (χ4v) is 2.13. The molecule has 2 aromatic rings. The van der Waals surface area contributed by atoms with Crippen LogP contribution in [0.2, 0.25) is 5.15 Å². The maximum absolute atomic E-state index is 5.75. The van der Waals surface area contributed by atoms with Crippen LogP contribution in [0.15, 0.2) is 24.7 Å². The van der Waals surface area contributed by atoms with Crippen LogP contribution in [0.25, 0.3) is 0 Å². The van der Waals surface area contributed by atoms with Crippen LogP contribution >= 0.6 is 34.2 Å². The summed E-state index contributed by atoms with van der Waals surface area (Å²) < 4.78 is 6.53. The van der Waals surface area contributed by atoms with Crippen molar-refractivity contribution >= 4 is 34.2 Å². The predicted octanol–water partition coefficient (Wildman–Crippen LogP) is 2.68. The highest BCUT2D eigenvalue weighted by Gasteiger charge is 2.03. The molecular formula is C10H9ClIN3O. The van der Waals surface area contributed by atoms with Gasteiger partial charge in [0.1, 0.15) is 11.0 Å². The maximum Gasteiger partial charge on any atom is 0.151 e. The molecule has 0 spiro atoms. The number of aromatic amines is 1. The molecule has 1 N–H and O–H groups in total. The third kappa shape index (κ3) is 3.08. The Morgan fingerprint density at radius 3 is 3.00 bits per heavy atom. The molecule has 0 saturated carbocycles. The van der Waals surface area contributed by atoms with E-state index in [1.807, 2.05) is 0 Å². The van der Waals surface area contributed by atoms with Crippen LogP contribution in [0.1, 0.15) is 5.82 Å². The summed E-state index contributed by atoms with van der Waals surface area (Å²) in [6, 6.07) is 1.77. The van der Waals surface area contributed by atoms with Crippen molar-refractivity contribution in [1.29, 1.82) is 0 Å². The minimum absolute atomic E-state index is 0.475. The summed E-state index contributed by atoms with van der Waals surface area (Å²) in [5, 5.41) is 0.475. The second-order valence-electron chi connectivity index (χ2n) is 3.07. The molecule has 84 valence electrons. The summed E-state index contributed by atoms with van der Waals surface area (Å²) in [7, 11) is 0. The average Bonchev–Trinajstić information content (AvgIpc) is 2.74. The van der Waals surface area contributed by atoms with Crippen LogP contribution in [-0.4, -0.2) is 21.6 Å². The molecule has 0 radical (unpaired) electrons. The summed E-state index contributed by atoms with van der Waals surface area (Å²) in [6.07, 6.45) is 5.89. The minimum Gasteiger partial charge on any atom is -0.490 e. The van der Waals surface area contributed by atoms with Gasteiger partial charge in [0.15, 0.2) is 5.75 Å². The molecule has 4 nitrogen and oxygen atoms in total. The van der Waals surface area contributed by atoms with Crippen LogP contribution in [0.4, 0.5) is 0 Å². The van der Waals surface area contributed by atoms with Gasteiger partial charge in [-0.1, -0.05) is 11.6 Å². The van der Waals surface area contributed by atoms with Gasteiger partial charge in [0, 0.05) is 18.8 Å². The average molecular weight is 350 g/mol. The molecule has 0 bridgehead atoms. The molecule has 0 aliphatic heterocycles. The number of aromatic nitrogens is 3. The Bertz CT molecular complexity index is 461. The SMILES string of the molecule is Clc1cc(I)c(OCCc2ncc[nH]2)cn1. The highest BCUT2D eigenvalue weighted by Crippen LogP contribution is 2.22. The van der Waals surface area contributed by atoms with Gasteiger partial charge in [-0.05, 0) is 28.7 Å². The summed E-state index contributed by atoms with van der Waals surface area (Å²) >= 11 is 7.91. The van der Waals surface area contributed by atoms with E-state index in [0.717, 1.165) is 21.6 Å². The topological polar surface area (TPSA) is 50.8 Å². The van der Waals surface area contributed by atoms with Gasteiger partial charge in [-0.25, -0.2) is 9.97 Å². The molecule has 0 aliphatic carbocycles. The Hall–Kier alpha value is -0.820. The van der Waals surface area contributed by atoms with Crippen molar-refractivity contribution in [1.82, 2.24) is 15.0 Å². The lowest BCUT2D eigenvalue weighted by molar-refractivity contribution is 0.316. The number of imidazole rings is 1. The first kappa shape index (κ1) is 11.7. The zero-order chi connectivity index (χ0) is 11.4. The van der Waals surface area contributed by atoms with Gasteiger partial charge in [-0.15, -0.1) is 0 Å². The lowest BCUT2D eigenvalue weighted by Crippen LogP contribution is -2.04. The summed E-state index contributed by atoms with van der Waals surface area (Å²) in [6.45, 7) is 0.562. The number of nitrogens with zero attached hydrogens (tertiary/aromatic N) is 2. The Morgan fingerprint density at radius 1 is 1.44 bits per heavy atom. The molecule has 0 saturated heterocycles. The number of ether oxygens (including phenoxy) is 1. The van der Waals surface area contributed by atoms with Crippen molar-refractivity contribution in [3.8, 4) is 5.75 Å². The fourth-order valence-electron chi connectivity index (χ4n) is 1.19. The lowest BCUT2D eigenvalue weighted by atomic mass is 10.4. The number of nitrogens with one attached hydrogen (secondary N) is 1. The van der Waals surface area contributed by atoms with E-state index in [4.69, 9.17) is 16.3 Å². The van der Waals surface area contributed by atoms with Crippen LogP contribution in [-0.2, 0) is 6.42 Å². The van der Waals surface area contributed by atoms with E-state index >= 15 is 0 Å². The molecule has 0 aliphatic rings. The number of rotatable bonds is 4. The molecule has 0 amide bonds. The molecule has 16 heavy (non-hydrogen) atoms. The lowest BCUT2D eigenvalue weighted by Gasteiger charge is -2.06. The van der Waals surface area contributed by atoms with E-state index in [1.165, 1.54) is 0 Å². The second-order valence-corrected chi connectivity index (χ2v) is 4.62. The van der Waals surface area contributed by atoms with Crippen molar-refractivity contribution in [2.75, 3.05) is 6.61 Å². The normalized spacial score (nSPS) is 10.4. The zero-order valence-electron chi connectivity index (χ0n) is 8.28. The van der Waals surface area contributed by atoms with E-state index in [1.54, 1.807) is 24.7 Å². The second kappa shape index (κ2) is 5.49. The van der Waals surface area contributed by atoms with E-state index in [9.17, 15) is 0 Å². The first-order valence-electron chi connectivity index (χ1n) is 4.68. The van der Waals surface area contributed by atoms with Gasteiger partial charge < -0.3 is 9.72 Å². The smallest absolute Gasteiger partial charge is 0.151 e. The van der Waals surface area contributed by atoms with Crippen LogP contribution in [0.3, 0.4) is 0 Å². The zero-order valence-corrected chi connectivity index (χ0v) is 11.2. The standard InChI is InChI=1S/C10H9ClIN3O/c11-9-5-7(12)8(6-15-9)16-4-1-10-13-2-3-14-10/h2-3,5-6H,1,4H2,(H,13,14). The Balaban J connectivity index is 1.90. The summed E-state index contributed by atoms with van der Waals surface area (Å²) in [5.74, 6) is 1.66. The van der Waals surface area contributed by atoms with Crippen LogP contribution < -0.4 is 4.74 Å². The number of hydrogen-bond donors (Lipinski definition) is 1. The molecule has 0 aromatic carbocycles. The van der Waals surface area contributed by atoms with Crippen molar-refractivity contribution in [2.24, 2.45) is 0 Å². The van der Waals surface area contributed by atoms with Crippen molar-refractivity contribution in [2.45, 2.75) is 6.42 Å². The predicted molar refractivity (Wildman–Crippen MR) is 69.8 cm³/mol. The third-order valence-corrected chi connectivity index (χ3v) is 2.99. The number of pyridine rings is 1. The van der Waals surface area contributed by atoms with Gasteiger partial charge in [-0.2, -0.15) is 0 Å². The quantitative estimate of drug-likeness (QED) is 0.682. The highest BCUT2D eigenvalue weighted by atomic mass is 127. The van der Waals surface area contributed by atoms with E-state index < -0.39 is 0 Å². The fraction of sp³-hybridized carbons (Fsp3) is 0.200. The Kier molecular flexibility index (Phi) is 4.00. The molecule has 2 heterocycles. The van der Waals surface area contributed by atoms with Crippen LogP contribution in [0, 0.1) is 3.57 Å². The minimum atomic E-state index is 0.475. The molecular weight excluding hydrogens is 340 g/mol. The first-order chi connectivity index (χ1) is 7.75. The Morgan fingerprint density at radius 2 is 2.31 bits per heavy atom. The molecule has 6 heteroatoms. The third-order valence-electron chi connectivity index (χ3n) is 1.94. The molecule has 2 rings (SSSR count). The van der Waals surface area contributed by atoms with Gasteiger partial charge >= 0.3 is 0 Å². The Labute approximate surface area is 112 Å². The van der Waals surface area contributed by atoms with Gasteiger partial charge in [-0.3, -0.25) is 0 Å². The number of halogens is 2. The molecule has 0 atom stereocenters. The van der Waals surface area contributed by atoms with Gasteiger partial charge in [0.25, 0.3) is 0 Å². The molecule has 0 fully saturated rings. The number of H-pyrrole nitrogens is 1. The largest absolute Gasteiger partial charge is 0.490 e. The number of hydrogen-bond acceptors (Lipinski definition) is 3. The van der Waals surface area contributed by atoms with Crippen molar-refractivity contribution < 1.29 is 4.74 Å². The maximum atomic E-state index is 5.75. The van der Waals surface area contributed by atoms with Gasteiger partial charge in [0.05, 0.1) is 16.4 Å². The first-order valence-corrected chi connectivity index (χ1v) is 6.13. The van der Waals surface area contributed by atoms with Crippen molar-refractivity contribution in [3.63, 3.8) is 0 Å². The summed E-state index contributed by atoms with van der Waals surface area (Å²) in [4.78, 5) is 11.1. The highest BCUT2D eigenvalue weighted by molar-refractivity contribution is 14.1. The molecule has 0 unspecified atom stereocenters. The van der Waals surface area contributed by atoms with Crippen LogP contribution in [0.5, 0.6) is 5.75 Å². The van der Waals surface area contributed by atoms with E-state index in [2.05, 4.69) is 37.5 Å². The monoisotopic (exact) mass is 349 g/mol. The van der Waals surface area contributed by atoms with Gasteiger partial charge in [0.2, 0.25) is 0 Å². The molecule has 2 aromatic heterocycles.